The number of alkyl halides is 3. The molecule has 27 heavy (non-hydrogen) atoms. The first-order chi connectivity index (χ1) is 12.9. The number of Topliss-reactive ketones (excluding diaryl/α,β-unsaturated/α-hetero) is 1. The van der Waals surface area contributed by atoms with Gasteiger partial charge in [-0.15, -0.1) is 0 Å². The fourth-order valence-electron chi connectivity index (χ4n) is 3.19. The smallest absolute Gasteiger partial charge is 0.305 e. The molecule has 0 bridgehead atoms. The van der Waals surface area contributed by atoms with Gasteiger partial charge in [0.05, 0.1) is 16.7 Å². The number of halogens is 3. The number of nitrogens with zero attached hydrogens (tertiary/aromatic N) is 1. The van der Waals surface area contributed by atoms with Crippen LogP contribution in [0.2, 0.25) is 0 Å². The number of benzene rings is 2. The Morgan fingerprint density at radius 2 is 1.44 bits per heavy atom. The van der Waals surface area contributed by atoms with Crippen LogP contribution in [0, 0.1) is 0 Å². The van der Waals surface area contributed by atoms with Gasteiger partial charge in [-0.05, 0) is 23.6 Å². The van der Waals surface area contributed by atoms with Crippen LogP contribution < -0.4 is 0 Å². The van der Waals surface area contributed by atoms with Crippen LogP contribution in [0.15, 0.2) is 72.8 Å². The molecule has 0 aliphatic carbocycles. The summed E-state index contributed by atoms with van der Waals surface area (Å²) in [5, 5.41) is 0.663. The van der Waals surface area contributed by atoms with Crippen LogP contribution in [-0.2, 0) is 0 Å². The molecule has 0 N–H and O–H groups in total. The summed E-state index contributed by atoms with van der Waals surface area (Å²) >= 11 is 0. The number of para-hydroxylation sites is 1. The average molecular weight is 367 g/mol. The van der Waals surface area contributed by atoms with Crippen molar-refractivity contribution in [2.75, 3.05) is 0 Å². The van der Waals surface area contributed by atoms with Crippen LogP contribution in [0.3, 0.4) is 0 Å². The third-order valence-electron chi connectivity index (χ3n) is 4.41. The first-order valence-electron chi connectivity index (χ1n) is 8.12. The fourth-order valence-corrected chi connectivity index (χ4v) is 3.19. The zero-order valence-electron chi connectivity index (χ0n) is 13.8. The Labute approximate surface area is 151 Å². The molecule has 2 heterocycles. The number of ketones is 2. The van der Waals surface area contributed by atoms with Crippen LogP contribution in [0.4, 0.5) is 13.2 Å². The molecule has 134 valence electrons. The van der Waals surface area contributed by atoms with Crippen molar-refractivity contribution >= 4 is 28.0 Å². The zero-order valence-corrected chi connectivity index (χ0v) is 13.8. The Kier molecular flexibility index (Phi) is 3.84. The molecule has 0 amide bonds. The molecule has 6 heteroatoms. The fraction of sp³-hybridized carbons (Fsp3) is 0.0476. The van der Waals surface area contributed by atoms with Crippen LogP contribution >= 0.6 is 0 Å². The Bertz CT molecular complexity index is 1190. The largest absolute Gasteiger partial charge is 0.456 e. The maximum absolute atomic E-state index is 13.1. The van der Waals surface area contributed by atoms with Crippen LogP contribution in [-0.4, -0.2) is 22.1 Å². The lowest BCUT2D eigenvalue weighted by molar-refractivity contribution is -0.0888. The highest BCUT2D eigenvalue weighted by atomic mass is 19.4. The third-order valence-corrected chi connectivity index (χ3v) is 4.41. The average Bonchev–Trinajstić information content (AvgIpc) is 3.06. The predicted octanol–water partition coefficient (Wildman–Crippen LogP) is 5.07. The summed E-state index contributed by atoms with van der Waals surface area (Å²) in [6.45, 7) is 0. The number of hydrogen-bond acceptors (Lipinski definition) is 2. The predicted molar refractivity (Wildman–Crippen MR) is 95.2 cm³/mol. The summed E-state index contributed by atoms with van der Waals surface area (Å²) in [6, 6.07) is 19.3. The van der Waals surface area contributed by atoms with Gasteiger partial charge in [0.2, 0.25) is 0 Å². The maximum atomic E-state index is 13.1. The summed E-state index contributed by atoms with van der Waals surface area (Å²) in [5.41, 5.74) is 0.502. The summed E-state index contributed by atoms with van der Waals surface area (Å²) in [7, 11) is 0. The molecule has 0 fully saturated rings. The SMILES string of the molecule is O=C(c1ccccc1)c1cc(C(=O)C(F)(F)F)n2c1ccc1ccccc12. The van der Waals surface area contributed by atoms with E-state index in [9.17, 15) is 22.8 Å². The molecule has 0 aliphatic heterocycles. The van der Waals surface area contributed by atoms with Crippen molar-refractivity contribution in [3.63, 3.8) is 0 Å². The van der Waals surface area contributed by atoms with E-state index in [4.69, 9.17) is 0 Å². The first-order valence-corrected chi connectivity index (χ1v) is 8.12. The molecule has 0 aliphatic rings. The van der Waals surface area contributed by atoms with Gasteiger partial charge < -0.3 is 4.40 Å². The monoisotopic (exact) mass is 367 g/mol. The summed E-state index contributed by atoms with van der Waals surface area (Å²) in [6.07, 6.45) is -5.04. The highest BCUT2D eigenvalue weighted by molar-refractivity contribution is 6.16. The van der Waals surface area contributed by atoms with Crippen LogP contribution in [0.5, 0.6) is 0 Å². The van der Waals surface area contributed by atoms with E-state index in [0.29, 0.717) is 16.5 Å². The van der Waals surface area contributed by atoms with E-state index in [1.54, 1.807) is 66.7 Å². The second-order valence-electron chi connectivity index (χ2n) is 6.08. The van der Waals surface area contributed by atoms with Crippen molar-refractivity contribution in [1.82, 2.24) is 4.40 Å². The second kappa shape index (κ2) is 6.09. The van der Waals surface area contributed by atoms with E-state index in [-0.39, 0.29) is 11.1 Å². The Hall–Kier alpha value is -3.41. The molecule has 4 rings (SSSR count). The lowest BCUT2D eigenvalue weighted by Crippen LogP contribution is -2.24. The molecule has 0 saturated carbocycles. The van der Waals surface area contributed by atoms with E-state index in [1.807, 2.05) is 0 Å². The van der Waals surface area contributed by atoms with E-state index in [2.05, 4.69) is 0 Å². The Balaban J connectivity index is 2.06. The van der Waals surface area contributed by atoms with Gasteiger partial charge in [-0.3, -0.25) is 9.59 Å². The number of carbonyl (C=O) groups is 2. The quantitative estimate of drug-likeness (QED) is 0.474. The molecule has 0 saturated heterocycles. The van der Waals surface area contributed by atoms with Crippen molar-refractivity contribution in [2.24, 2.45) is 0 Å². The van der Waals surface area contributed by atoms with E-state index < -0.39 is 23.4 Å². The first kappa shape index (κ1) is 17.0. The normalized spacial score (nSPS) is 11.8. The van der Waals surface area contributed by atoms with Crippen molar-refractivity contribution < 1.29 is 22.8 Å². The molecule has 2 aromatic heterocycles. The zero-order chi connectivity index (χ0) is 19.2. The van der Waals surface area contributed by atoms with Gasteiger partial charge in [0.25, 0.3) is 5.78 Å². The van der Waals surface area contributed by atoms with E-state index in [0.717, 1.165) is 6.07 Å². The number of aromatic nitrogens is 1. The molecule has 3 nitrogen and oxygen atoms in total. The van der Waals surface area contributed by atoms with Crippen molar-refractivity contribution in [3.05, 3.63) is 89.6 Å². The van der Waals surface area contributed by atoms with Crippen molar-refractivity contribution in [2.45, 2.75) is 6.18 Å². The topological polar surface area (TPSA) is 38.5 Å². The number of hydrogen-bond donors (Lipinski definition) is 0. The molecule has 0 unspecified atom stereocenters. The number of fused-ring (bicyclic) bond motifs is 3. The van der Waals surface area contributed by atoms with Crippen molar-refractivity contribution in [1.29, 1.82) is 0 Å². The number of carbonyl (C=O) groups excluding carboxylic acids is 2. The number of pyridine rings is 1. The molecular formula is C21H12F3NO2. The highest BCUT2D eigenvalue weighted by Gasteiger charge is 2.41. The van der Waals surface area contributed by atoms with Gasteiger partial charge in [0.1, 0.15) is 0 Å². The standard InChI is InChI=1S/C21H12F3NO2/c22-21(23,24)20(27)18-12-15(19(26)14-7-2-1-3-8-14)17-11-10-13-6-4-5-9-16(13)25(17)18/h1-12H. The molecule has 0 radical (unpaired) electrons. The molecule has 0 spiro atoms. The summed E-state index contributed by atoms with van der Waals surface area (Å²) in [4.78, 5) is 24.9. The molecule has 0 atom stereocenters. The van der Waals surface area contributed by atoms with E-state index >= 15 is 0 Å². The van der Waals surface area contributed by atoms with Gasteiger partial charge in [0.15, 0.2) is 5.78 Å². The highest BCUT2D eigenvalue weighted by Crippen LogP contribution is 2.30. The number of rotatable bonds is 3. The molecular weight excluding hydrogens is 355 g/mol. The van der Waals surface area contributed by atoms with Gasteiger partial charge in [-0.1, -0.05) is 54.6 Å². The van der Waals surface area contributed by atoms with Crippen LogP contribution in [0.1, 0.15) is 26.4 Å². The Morgan fingerprint density at radius 1 is 0.778 bits per heavy atom. The minimum absolute atomic E-state index is 0.0551. The summed E-state index contributed by atoms with van der Waals surface area (Å²) < 4.78 is 40.7. The minimum atomic E-state index is -5.04. The summed E-state index contributed by atoms with van der Waals surface area (Å²) in [5.74, 6) is -2.43. The van der Waals surface area contributed by atoms with Gasteiger partial charge in [0, 0.05) is 11.1 Å². The second-order valence-corrected chi connectivity index (χ2v) is 6.08. The Morgan fingerprint density at radius 3 is 2.15 bits per heavy atom. The lowest BCUT2D eigenvalue weighted by atomic mass is 10.0. The maximum Gasteiger partial charge on any atom is 0.456 e. The van der Waals surface area contributed by atoms with Crippen LogP contribution in [0.25, 0.3) is 16.4 Å². The lowest BCUT2D eigenvalue weighted by Gasteiger charge is -2.09. The minimum Gasteiger partial charge on any atom is -0.305 e. The van der Waals surface area contributed by atoms with E-state index in [1.165, 1.54) is 4.40 Å². The van der Waals surface area contributed by atoms with Gasteiger partial charge in [-0.2, -0.15) is 13.2 Å². The molecule has 4 aromatic rings. The van der Waals surface area contributed by atoms with Gasteiger partial charge in [-0.25, -0.2) is 0 Å². The van der Waals surface area contributed by atoms with Gasteiger partial charge >= 0.3 is 6.18 Å². The van der Waals surface area contributed by atoms with Crippen molar-refractivity contribution in [3.8, 4) is 0 Å². The third kappa shape index (κ3) is 2.79. The molecule has 2 aromatic carbocycles.